The van der Waals surface area contributed by atoms with E-state index < -0.39 is 24.2 Å². The third kappa shape index (κ3) is 5.02. The van der Waals surface area contributed by atoms with E-state index in [-0.39, 0.29) is 23.6 Å². The van der Waals surface area contributed by atoms with E-state index in [2.05, 4.69) is 10.6 Å². The van der Waals surface area contributed by atoms with Gasteiger partial charge in [0.25, 0.3) is 0 Å². The summed E-state index contributed by atoms with van der Waals surface area (Å²) in [6.07, 6.45) is -4.14. The summed E-state index contributed by atoms with van der Waals surface area (Å²) in [6.45, 7) is 1.28. The molecular weight excluding hydrogens is 325 g/mol. The largest absolute Gasteiger partial charge is 0.466 e. The standard InChI is InChI=1S/C16H17F3N2O3/c1-15(23,13-7-4-8-24-13)10-20-14(22)21-12-6-3-2-5-11(12)9-16(17,18)19/h2-8,23H,9-10H2,1H3,(H2,20,21,22). The molecule has 0 bridgehead atoms. The molecular formula is C16H17F3N2O3. The Morgan fingerprint density at radius 3 is 2.54 bits per heavy atom. The van der Waals surface area contributed by atoms with Gasteiger partial charge in [-0.3, -0.25) is 0 Å². The highest BCUT2D eigenvalue weighted by Crippen LogP contribution is 2.26. The summed E-state index contributed by atoms with van der Waals surface area (Å²) in [5, 5.41) is 15.0. The Bertz CT molecular complexity index is 682. The highest BCUT2D eigenvalue weighted by molar-refractivity contribution is 5.90. The molecule has 8 heteroatoms. The molecule has 1 heterocycles. The maximum atomic E-state index is 12.5. The number of halogens is 3. The van der Waals surface area contributed by atoms with Gasteiger partial charge in [0.05, 0.1) is 19.2 Å². The lowest BCUT2D eigenvalue weighted by Gasteiger charge is -2.21. The summed E-state index contributed by atoms with van der Waals surface area (Å²) in [6, 6.07) is 8.08. The highest BCUT2D eigenvalue weighted by Gasteiger charge is 2.29. The minimum atomic E-state index is -4.38. The van der Waals surface area contributed by atoms with Crippen molar-refractivity contribution in [1.82, 2.24) is 5.32 Å². The van der Waals surface area contributed by atoms with Crippen LogP contribution >= 0.6 is 0 Å². The van der Waals surface area contributed by atoms with E-state index in [0.717, 1.165) is 0 Å². The maximum Gasteiger partial charge on any atom is 0.393 e. The maximum absolute atomic E-state index is 12.5. The number of amides is 2. The second kappa shape index (κ2) is 6.96. The number of furan rings is 1. The van der Waals surface area contributed by atoms with Gasteiger partial charge in [-0.2, -0.15) is 13.2 Å². The molecule has 1 unspecified atom stereocenters. The van der Waals surface area contributed by atoms with E-state index in [1.54, 1.807) is 12.1 Å². The second-order valence-electron chi connectivity index (χ2n) is 5.51. The average Bonchev–Trinajstić information content (AvgIpc) is 3.01. The van der Waals surface area contributed by atoms with Crippen LogP contribution in [0.5, 0.6) is 0 Å². The SMILES string of the molecule is CC(O)(CNC(=O)Nc1ccccc1CC(F)(F)F)c1ccco1. The van der Waals surface area contributed by atoms with Crippen LogP contribution in [0.3, 0.4) is 0 Å². The van der Waals surface area contributed by atoms with Crippen molar-refractivity contribution in [2.24, 2.45) is 0 Å². The number of rotatable bonds is 5. The molecule has 0 spiro atoms. The third-order valence-electron chi connectivity index (χ3n) is 3.30. The number of alkyl halides is 3. The van der Waals surface area contributed by atoms with E-state index >= 15 is 0 Å². The molecule has 0 saturated carbocycles. The molecule has 1 aromatic carbocycles. The van der Waals surface area contributed by atoms with Crippen molar-refractivity contribution in [2.75, 3.05) is 11.9 Å². The third-order valence-corrected chi connectivity index (χ3v) is 3.30. The molecule has 3 N–H and O–H groups in total. The molecule has 5 nitrogen and oxygen atoms in total. The molecule has 2 aromatic rings. The predicted octanol–water partition coefficient (Wildman–Crippen LogP) is 3.41. The van der Waals surface area contributed by atoms with Gasteiger partial charge in [-0.1, -0.05) is 18.2 Å². The fourth-order valence-electron chi connectivity index (χ4n) is 2.10. The fourth-order valence-corrected chi connectivity index (χ4v) is 2.10. The lowest BCUT2D eigenvalue weighted by molar-refractivity contribution is -0.127. The summed E-state index contributed by atoms with van der Waals surface area (Å²) in [4.78, 5) is 11.9. The number of benzene rings is 1. The molecule has 24 heavy (non-hydrogen) atoms. The molecule has 0 radical (unpaired) electrons. The predicted molar refractivity (Wildman–Crippen MR) is 81.5 cm³/mol. The first kappa shape index (κ1) is 17.9. The summed E-state index contributed by atoms with van der Waals surface area (Å²) >= 11 is 0. The van der Waals surface area contributed by atoms with Crippen LogP contribution in [0.4, 0.5) is 23.7 Å². The number of anilines is 1. The first-order chi connectivity index (χ1) is 11.2. The van der Waals surface area contributed by atoms with E-state index in [1.807, 2.05) is 0 Å². The van der Waals surface area contributed by atoms with Gasteiger partial charge >= 0.3 is 12.2 Å². The topological polar surface area (TPSA) is 74.5 Å². The monoisotopic (exact) mass is 342 g/mol. The molecule has 1 aromatic heterocycles. The fraction of sp³-hybridized carbons (Fsp3) is 0.312. The Hall–Kier alpha value is -2.48. The Kier molecular flexibility index (Phi) is 5.18. The van der Waals surface area contributed by atoms with Crippen LogP contribution in [-0.4, -0.2) is 23.9 Å². The zero-order valence-electron chi connectivity index (χ0n) is 12.9. The van der Waals surface area contributed by atoms with Gasteiger partial charge in [0.1, 0.15) is 11.4 Å². The van der Waals surface area contributed by atoms with Gasteiger partial charge in [-0.15, -0.1) is 0 Å². The zero-order valence-corrected chi connectivity index (χ0v) is 12.9. The van der Waals surface area contributed by atoms with Gasteiger partial charge in [0, 0.05) is 5.69 Å². The zero-order chi connectivity index (χ0) is 17.8. The first-order valence-electron chi connectivity index (χ1n) is 7.13. The van der Waals surface area contributed by atoms with Crippen LogP contribution in [0, 0.1) is 0 Å². The minimum absolute atomic E-state index is 0.0436. The van der Waals surface area contributed by atoms with Gasteiger partial charge in [-0.05, 0) is 30.7 Å². The van der Waals surface area contributed by atoms with Crippen molar-refractivity contribution in [1.29, 1.82) is 0 Å². The molecule has 130 valence electrons. The molecule has 0 aliphatic heterocycles. The van der Waals surface area contributed by atoms with Crippen molar-refractivity contribution < 1.29 is 27.5 Å². The second-order valence-corrected chi connectivity index (χ2v) is 5.51. The molecule has 1 atom stereocenters. The Balaban J connectivity index is 1.98. The number of para-hydroxylation sites is 1. The van der Waals surface area contributed by atoms with Crippen LogP contribution in [0.1, 0.15) is 18.2 Å². The van der Waals surface area contributed by atoms with Gasteiger partial charge in [0.2, 0.25) is 0 Å². The molecule has 0 aliphatic rings. The first-order valence-corrected chi connectivity index (χ1v) is 7.13. The number of aliphatic hydroxyl groups is 1. The van der Waals surface area contributed by atoms with Crippen LogP contribution < -0.4 is 10.6 Å². The molecule has 0 saturated heterocycles. The summed E-state index contributed by atoms with van der Waals surface area (Å²) in [7, 11) is 0. The molecule has 0 aliphatic carbocycles. The molecule has 0 fully saturated rings. The van der Waals surface area contributed by atoms with Crippen molar-refractivity contribution in [3.8, 4) is 0 Å². The highest BCUT2D eigenvalue weighted by atomic mass is 19.4. The lowest BCUT2D eigenvalue weighted by atomic mass is 10.0. The number of carbonyl (C=O) groups is 1. The number of hydrogen-bond donors (Lipinski definition) is 3. The van der Waals surface area contributed by atoms with Crippen molar-refractivity contribution in [3.63, 3.8) is 0 Å². The van der Waals surface area contributed by atoms with Crippen LogP contribution in [0.25, 0.3) is 0 Å². The Labute approximate surface area is 136 Å². The number of nitrogens with one attached hydrogen (secondary N) is 2. The molecule has 2 rings (SSSR count). The Morgan fingerprint density at radius 1 is 1.21 bits per heavy atom. The minimum Gasteiger partial charge on any atom is -0.466 e. The van der Waals surface area contributed by atoms with Gasteiger partial charge in [-0.25, -0.2) is 4.79 Å². The van der Waals surface area contributed by atoms with E-state index in [0.29, 0.717) is 0 Å². The van der Waals surface area contributed by atoms with Crippen molar-refractivity contribution in [2.45, 2.75) is 25.1 Å². The number of hydrogen-bond acceptors (Lipinski definition) is 3. The summed E-state index contributed by atoms with van der Waals surface area (Å²) in [5.41, 5.74) is -1.42. The summed E-state index contributed by atoms with van der Waals surface area (Å²) in [5.74, 6) is 0.264. The van der Waals surface area contributed by atoms with E-state index in [9.17, 15) is 23.1 Å². The van der Waals surface area contributed by atoms with Crippen LogP contribution in [0.15, 0.2) is 47.1 Å². The van der Waals surface area contributed by atoms with E-state index in [4.69, 9.17) is 4.42 Å². The average molecular weight is 342 g/mol. The van der Waals surface area contributed by atoms with Crippen LogP contribution in [0.2, 0.25) is 0 Å². The van der Waals surface area contributed by atoms with Crippen LogP contribution in [-0.2, 0) is 12.0 Å². The van der Waals surface area contributed by atoms with Crippen molar-refractivity contribution >= 4 is 11.7 Å². The quantitative estimate of drug-likeness (QED) is 0.779. The van der Waals surface area contributed by atoms with Gasteiger partial charge < -0.3 is 20.2 Å². The van der Waals surface area contributed by atoms with Crippen molar-refractivity contribution in [3.05, 3.63) is 54.0 Å². The Morgan fingerprint density at radius 2 is 1.92 bits per heavy atom. The normalized spacial score (nSPS) is 14.0. The summed E-state index contributed by atoms with van der Waals surface area (Å²) < 4.78 is 42.7. The molecule has 2 amide bonds. The smallest absolute Gasteiger partial charge is 0.393 e. The lowest BCUT2D eigenvalue weighted by Crippen LogP contribution is -2.40. The van der Waals surface area contributed by atoms with E-state index in [1.165, 1.54) is 37.5 Å². The number of urea groups is 1. The van der Waals surface area contributed by atoms with Gasteiger partial charge in [0.15, 0.2) is 0 Å². The number of carbonyl (C=O) groups excluding carboxylic acids is 1.